The fraction of sp³-hybridized carbons (Fsp3) is 0.357. The van der Waals surface area contributed by atoms with E-state index < -0.39 is 5.82 Å². The number of benzene rings is 1. The standard InChI is InChI=1S/C14H14FN5O/c1-21-11-5-13(14-17-8-18-19-14)20(7-11)12-3-2-10(15)4-9(12)6-16/h2-4,8,11,13H,5,7H2,1H3,(H,17,18,19)/t11-,13+/m1/s1. The van der Waals surface area contributed by atoms with Crippen molar-refractivity contribution in [3.05, 3.63) is 41.7 Å². The number of nitrogens with one attached hydrogen (secondary N) is 1. The van der Waals surface area contributed by atoms with Crippen LogP contribution in [-0.2, 0) is 4.74 Å². The number of nitrogens with zero attached hydrogens (tertiary/aromatic N) is 4. The van der Waals surface area contributed by atoms with Gasteiger partial charge in [-0.2, -0.15) is 10.4 Å². The molecule has 6 nitrogen and oxygen atoms in total. The summed E-state index contributed by atoms with van der Waals surface area (Å²) in [5, 5.41) is 16.0. The number of rotatable bonds is 3. The number of H-pyrrole nitrogens is 1. The van der Waals surface area contributed by atoms with Crippen molar-refractivity contribution in [2.24, 2.45) is 0 Å². The van der Waals surface area contributed by atoms with E-state index in [1.807, 2.05) is 11.0 Å². The molecule has 7 heteroatoms. The van der Waals surface area contributed by atoms with Gasteiger partial charge >= 0.3 is 0 Å². The van der Waals surface area contributed by atoms with E-state index in [-0.39, 0.29) is 12.1 Å². The monoisotopic (exact) mass is 287 g/mol. The second kappa shape index (κ2) is 5.50. The molecule has 0 spiro atoms. The average Bonchev–Trinajstić information content (AvgIpc) is 3.15. The van der Waals surface area contributed by atoms with Crippen LogP contribution in [0.1, 0.15) is 23.9 Å². The first-order valence-corrected chi connectivity index (χ1v) is 6.57. The Kier molecular flexibility index (Phi) is 3.54. The summed E-state index contributed by atoms with van der Waals surface area (Å²) < 4.78 is 18.7. The number of ether oxygens (including phenoxy) is 1. The normalized spacial score (nSPS) is 21.5. The summed E-state index contributed by atoms with van der Waals surface area (Å²) in [4.78, 5) is 6.20. The van der Waals surface area contributed by atoms with Gasteiger partial charge in [-0.3, -0.25) is 5.10 Å². The minimum absolute atomic E-state index is 0.0247. The molecule has 0 saturated carbocycles. The summed E-state index contributed by atoms with van der Waals surface area (Å²) in [6.45, 7) is 0.613. The van der Waals surface area contributed by atoms with E-state index in [2.05, 4.69) is 15.2 Å². The molecule has 108 valence electrons. The van der Waals surface area contributed by atoms with Crippen LogP contribution in [0.4, 0.5) is 10.1 Å². The van der Waals surface area contributed by atoms with Crippen LogP contribution in [0.5, 0.6) is 0 Å². The molecule has 0 amide bonds. The summed E-state index contributed by atoms with van der Waals surface area (Å²) in [6, 6.07) is 6.19. The molecule has 1 fully saturated rings. The molecule has 0 aliphatic carbocycles. The fourth-order valence-electron chi connectivity index (χ4n) is 2.72. The van der Waals surface area contributed by atoms with Gasteiger partial charge in [0, 0.05) is 20.1 Å². The Labute approximate surface area is 121 Å². The van der Waals surface area contributed by atoms with Crippen LogP contribution >= 0.6 is 0 Å². The maximum atomic E-state index is 13.3. The number of methoxy groups -OCH3 is 1. The number of halogens is 1. The fourth-order valence-corrected chi connectivity index (χ4v) is 2.72. The van der Waals surface area contributed by atoms with Gasteiger partial charge < -0.3 is 9.64 Å². The minimum Gasteiger partial charge on any atom is -0.380 e. The Balaban J connectivity index is 2.01. The van der Waals surface area contributed by atoms with Gasteiger partial charge in [0.25, 0.3) is 0 Å². The summed E-state index contributed by atoms with van der Waals surface area (Å²) in [5.41, 5.74) is 0.983. The van der Waals surface area contributed by atoms with E-state index in [1.54, 1.807) is 13.2 Å². The smallest absolute Gasteiger partial charge is 0.147 e. The van der Waals surface area contributed by atoms with Crippen LogP contribution in [0, 0.1) is 17.1 Å². The Morgan fingerprint density at radius 1 is 1.52 bits per heavy atom. The maximum absolute atomic E-state index is 13.3. The summed E-state index contributed by atoms with van der Waals surface area (Å²) in [6.07, 6.45) is 2.20. The van der Waals surface area contributed by atoms with Crippen molar-refractivity contribution in [1.29, 1.82) is 5.26 Å². The highest BCUT2D eigenvalue weighted by Crippen LogP contribution is 2.37. The predicted octanol–water partition coefficient (Wildman–Crippen LogP) is 1.78. The van der Waals surface area contributed by atoms with E-state index in [9.17, 15) is 9.65 Å². The molecule has 2 atom stereocenters. The van der Waals surface area contributed by atoms with Crippen molar-refractivity contribution >= 4 is 5.69 Å². The Bertz CT molecular complexity index is 666. The van der Waals surface area contributed by atoms with Crippen LogP contribution < -0.4 is 4.90 Å². The molecule has 1 aromatic heterocycles. The molecule has 1 saturated heterocycles. The summed E-state index contributed by atoms with van der Waals surface area (Å²) in [7, 11) is 1.65. The number of nitriles is 1. The van der Waals surface area contributed by atoms with Gasteiger partial charge in [-0.05, 0) is 18.2 Å². The third-order valence-corrected chi connectivity index (χ3v) is 3.73. The molecule has 0 bridgehead atoms. The second-order valence-electron chi connectivity index (χ2n) is 4.91. The van der Waals surface area contributed by atoms with Crippen molar-refractivity contribution in [2.45, 2.75) is 18.6 Å². The zero-order valence-electron chi connectivity index (χ0n) is 11.5. The Hall–Kier alpha value is -2.46. The molecule has 2 heterocycles. The lowest BCUT2D eigenvalue weighted by Crippen LogP contribution is -2.26. The van der Waals surface area contributed by atoms with Crippen LogP contribution in [0.15, 0.2) is 24.5 Å². The number of hydrogen-bond acceptors (Lipinski definition) is 5. The third-order valence-electron chi connectivity index (χ3n) is 3.73. The van der Waals surface area contributed by atoms with Gasteiger partial charge in [0.1, 0.15) is 24.0 Å². The van der Waals surface area contributed by atoms with Crippen LogP contribution in [0.3, 0.4) is 0 Å². The number of anilines is 1. The van der Waals surface area contributed by atoms with E-state index in [0.29, 0.717) is 23.6 Å². The van der Waals surface area contributed by atoms with Crippen molar-refractivity contribution in [2.75, 3.05) is 18.6 Å². The molecule has 0 radical (unpaired) electrons. The van der Waals surface area contributed by atoms with Gasteiger partial charge in [0.2, 0.25) is 0 Å². The molecular weight excluding hydrogens is 273 g/mol. The molecule has 1 aromatic carbocycles. The Morgan fingerprint density at radius 3 is 3.05 bits per heavy atom. The highest BCUT2D eigenvalue weighted by molar-refractivity contribution is 5.61. The number of aromatic nitrogens is 3. The van der Waals surface area contributed by atoms with E-state index in [4.69, 9.17) is 4.74 Å². The summed E-state index contributed by atoms with van der Waals surface area (Å²) >= 11 is 0. The van der Waals surface area contributed by atoms with Crippen LogP contribution in [-0.4, -0.2) is 34.9 Å². The third kappa shape index (κ3) is 2.45. The number of aromatic amines is 1. The molecular formula is C14H14FN5O. The van der Waals surface area contributed by atoms with Gasteiger partial charge in [0.05, 0.1) is 23.4 Å². The largest absolute Gasteiger partial charge is 0.380 e. The van der Waals surface area contributed by atoms with Crippen LogP contribution in [0.2, 0.25) is 0 Å². The first-order chi connectivity index (χ1) is 10.2. The average molecular weight is 287 g/mol. The topological polar surface area (TPSA) is 77.8 Å². The molecule has 1 aliphatic heterocycles. The molecule has 0 unspecified atom stereocenters. The highest BCUT2D eigenvalue weighted by atomic mass is 19.1. The predicted molar refractivity (Wildman–Crippen MR) is 73.0 cm³/mol. The zero-order chi connectivity index (χ0) is 14.8. The van der Waals surface area contributed by atoms with Crippen molar-refractivity contribution in [3.63, 3.8) is 0 Å². The lowest BCUT2D eigenvalue weighted by atomic mass is 10.1. The lowest BCUT2D eigenvalue weighted by molar-refractivity contribution is 0.118. The number of hydrogen-bond donors (Lipinski definition) is 1. The van der Waals surface area contributed by atoms with Crippen molar-refractivity contribution < 1.29 is 9.13 Å². The second-order valence-corrected chi connectivity index (χ2v) is 4.91. The van der Waals surface area contributed by atoms with Crippen LogP contribution in [0.25, 0.3) is 0 Å². The quantitative estimate of drug-likeness (QED) is 0.931. The highest BCUT2D eigenvalue weighted by Gasteiger charge is 2.36. The summed E-state index contributed by atoms with van der Waals surface area (Å²) in [5.74, 6) is 0.289. The van der Waals surface area contributed by atoms with Gasteiger partial charge in [-0.15, -0.1) is 0 Å². The molecule has 1 N–H and O–H groups in total. The van der Waals surface area contributed by atoms with E-state index in [0.717, 1.165) is 6.42 Å². The van der Waals surface area contributed by atoms with Crippen molar-refractivity contribution in [1.82, 2.24) is 15.2 Å². The first kappa shape index (κ1) is 13.5. The minimum atomic E-state index is -0.422. The first-order valence-electron chi connectivity index (χ1n) is 6.57. The molecule has 1 aliphatic rings. The van der Waals surface area contributed by atoms with E-state index >= 15 is 0 Å². The van der Waals surface area contributed by atoms with Gasteiger partial charge in [0.15, 0.2) is 0 Å². The van der Waals surface area contributed by atoms with Crippen molar-refractivity contribution in [3.8, 4) is 6.07 Å². The molecule has 21 heavy (non-hydrogen) atoms. The SMILES string of the molecule is CO[C@@H]1C[C@@H](c2ncn[nH]2)N(c2ccc(F)cc2C#N)C1. The van der Waals surface area contributed by atoms with Gasteiger partial charge in [-0.1, -0.05) is 0 Å². The Morgan fingerprint density at radius 2 is 2.38 bits per heavy atom. The van der Waals surface area contributed by atoms with Gasteiger partial charge in [-0.25, -0.2) is 9.37 Å². The lowest BCUT2D eigenvalue weighted by Gasteiger charge is -2.25. The molecule has 3 rings (SSSR count). The zero-order valence-corrected chi connectivity index (χ0v) is 11.5. The molecule has 2 aromatic rings. The van der Waals surface area contributed by atoms with E-state index in [1.165, 1.54) is 18.5 Å². The maximum Gasteiger partial charge on any atom is 0.147 e.